The minimum absolute atomic E-state index is 0.365. The van der Waals surface area contributed by atoms with Gasteiger partial charge in [0.1, 0.15) is 5.82 Å². The molecule has 0 radical (unpaired) electrons. The van der Waals surface area contributed by atoms with E-state index < -0.39 is 0 Å². The highest BCUT2D eigenvalue weighted by Crippen LogP contribution is 2.28. The Morgan fingerprint density at radius 2 is 2.10 bits per heavy atom. The van der Waals surface area contributed by atoms with E-state index >= 15 is 0 Å². The predicted molar refractivity (Wildman–Crippen MR) is 85.8 cm³/mol. The summed E-state index contributed by atoms with van der Waals surface area (Å²) < 4.78 is 5.44. The Morgan fingerprint density at radius 3 is 2.86 bits per heavy atom. The number of aromatic nitrogens is 2. The van der Waals surface area contributed by atoms with Gasteiger partial charge in [-0.05, 0) is 38.3 Å². The summed E-state index contributed by atoms with van der Waals surface area (Å²) in [6.07, 6.45) is 3.62. The molecule has 2 unspecified atom stereocenters. The number of benzene rings is 1. The fourth-order valence-corrected chi connectivity index (χ4v) is 2.90. The van der Waals surface area contributed by atoms with Crippen LogP contribution in [-0.4, -0.2) is 35.8 Å². The van der Waals surface area contributed by atoms with Crippen LogP contribution in [0, 0.1) is 0 Å². The zero-order valence-corrected chi connectivity index (χ0v) is 12.6. The van der Waals surface area contributed by atoms with Crippen molar-refractivity contribution in [1.82, 2.24) is 9.97 Å². The molecule has 5 nitrogen and oxygen atoms in total. The van der Waals surface area contributed by atoms with Crippen molar-refractivity contribution in [3.63, 3.8) is 0 Å². The van der Waals surface area contributed by atoms with E-state index in [2.05, 4.69) is 26.7 Å². The quantitative estimate of drug-likeness (QED) is 0.884. The van der Waals surface area contributed by atoms with Gasteiger partial charge in [-0.15, -0.1) is 0 Å². The molecule has 3 rings (SSSR count). The second kappa shape index (κ2) is 6.26. The standard InChI is InChI=1S/C16H22N4O/c1-3-17-16-19-14-7-5-4-6-13(14)15(20-16)18-11-8-9-12(10-11)21-2/h4-7,11-12H,3,8-10H2,1-2H3,(H2,17,18,19,20). The van der Waals surface area contributed by atoms with Gasteiger partial charge >= 0.3 is 0 Å². The van der Waals surface area contributed by atoms with Crippen molar-refractivity contribution in [3.05, 3.63) is 24.3 Å². The van der Waals surface area contributed by atoms with E-state index in [1.807, 2.05) is 25.1 Å². The number of para-hydroxylation sites is 1. The third-order valence-electron chi connectivity index (χ3n) is 4.00. The van der Waals surface area contributed by atoms with Crippen LogP contribution in [0.1, 0.15) is 26.2 Å². The fraction of sp³-hybridized carbons (Fsp3) is 0.500. The average molecular weight is 286 g/mol. The Balaban J connectivity index is 1.89. The molecular weight excluding hydrogens is 264 g/mol. The first-order chi connectivity index (χ1) is 10.3. The van der Waals surface area contributed by atoms with Crippen LogP contribution in [0.3, 0.4) is 0 Å². The molecule has 1 aromatic heterocycles. The van der Waals surface area contributed by atoms with Crippen LogP contribution in [0.25, 0.3) is 10.9 Å². The van der Waals surface area contributed by atoms with Crippen LogP contribution in [0.5, 0.6) is 0 Å². The van der Waals surface area contributed by atoms with Crippen LogP contribution in [0.15, 0.2) is 24.3 Å². The molecule has 0 bridgehead atoms. The molecule has 21 heavy (non-hydrogen) atoms. The highest BCUT2D eigenvalue weighted by molar-refractivity contribution is 5.90. The molecule has 1 aliphatic carbocycles. The maximum Gasteiger partial charge on any atom is 0.225 e. The number of methoxy groups -OCH3 is 1. The maximum atomic E-state index is 5.44. The second-order valence-electron chi connectivity index (χ2n) is 5.46. The van der Waals surface area contributed by atoms with Crippen molar-refractivity contribution in [3.8, 4) is 0 Å². The van der Waals surface area contributed by atoms with Crippen molar-refractivity contribution >= 4 is 22.7 Å². The van der Waals surface area contributed by atoms with E-state index in [-0.39, 0.29) is 0 Å². The van der Waals surface area contributed by atoms with E-state index in [0.717, 1.165) is 42.5 Å². The lowest BCUT2D eigenvalue weighted by Crippen LogP contribution is -2.19. The lowest BCUT2D eigenvalue weighted by atomic mass is 10.2. The molecule has 0 aliphatic heterocycles. The number of ether oxygens (including phenoxy) is 1. The Bertz CT molecular complexity index is 616. The summed E-state index contributed by atoms with van der Waals surface area (Å²) in [5.41, 5.74) is 0.965. The molecule has 1 saturated carbocycles. The normalized spacial score (nSPS) is 21.6. The molecule has 0 saturated heterocycles. The van der Waals surface area contributed by atoms with Gasteiger partial charge in [0.2, 0.25) is 5.95 Å². The third kappa shape index (κ3) is 3.08. The Labute approximate surface area is 125 Å². The van der Waals surface area contributed by atoms with Crippen LogP contribution < -0.4 is 10.6 Å². The summed E-state index contributed by atoms with van der Waals surface area (Å²) >= 11 is 0. The van der Waals surface area contributed by atoms with Gasteiger partial charge in [-0.25, -0.2) is 4.98 Å². The number of anilines is 2. The van der Waals surface area contributed by atoms with Crippen molar-refractivity contribution in [2.24, 2.45) is 0 Å². The summed E-state index contributed by atoms with van der Waals surface area (Å²) in [5, 5.41) is 7.84. The van der Waals surface area contributed by atoms with Gasteiger partial charge in [-0.2, -0.15) is 4.98 Å². The SMILES string of the molecule is CCNc1nc(NC2CCC(OC)C2)c2ccccc2n1. The average Bonchev–Trinajstić information content (AvgIpc) is 2.95. The largest absolute Gasteiger partial charge is 0.381 e. The fourth-order valence-electron chi connectivity index (χ4n) is 2.90. The molecule has 0 amide bonds. The Morgan fingerprint density at radius 1 is 1.24 bits per heavy atom. The van der Waals surface area contributed by atoms with Gasteiger partial charge in [0.05, 0.1) is 11.6 Å². The number of nitrogens with one attached hydrogen (secondary N) is 2. The smallest absolute Gasteiger partial charge is 0.225 e. The topological polar surface area (TPSA) is 59.1 Å². The molecule has 112 valence electrons. The minimum atomic E-state index is 0.365. The van der Waals surface area contributed by atoms with Crippen LogP contribution >= 0.6 is 0 Å². The zero-order chi connectivity index (χ0) is 14.7. The van der Waals surface area contributed by atoms with Crippen LogP contribution in [0.4, 0.5) is 11.8 Å². The van der Waals surface area contributed by atoms with Crippen molar-refractivity contribution in [1.29, 1.82) is 0 Å². The number of hydrogen-bond acceptors (Lipinski definition) is 5. The molecule has 2 N–H and O–H groups in total. The first-order valence-electron chi connectivity index (χ1n) is 7.60. The van der Waals surface area contributed by atoms with Gasteiger partial charge in [-0.1, -0.05) is 12.1 Å². The van der Waals surface area contributed by atoms with Gasteiger partial charge < -0.3 is 15.4 Å². The molecule has 2 atom stereocenters. The summed E-state index contributed by atoms with van der Waals surface area (Å²) in [4.78, 5) is 9.18. The minimum Gasteiger partial charge on any atom is -0.381 e. The van der Waals surface area contributed by atoms with Gasteiger partial charge in [-0.3, -0.25) is 0 Å². The highest BCUT2D eigenvalue weighted by Gasteiger charge is 2.25. The first kappa shape index (κ1) is 14.1. The maximum absolute atomic E-state index is 5.44. The highest BCUT2D eigenvalue weighted by atomic mass is 16.5. The molecule has 1 fully saturated rings. The molecule has 1 aliphatic rings. The van der Waals surface area contributed by atoms with Crippen molar-refractivity contribution < 1.29 is 4.74 Å². The first-order valence-corrected chi connectivity index (χ1v) is 7.60. The van der Waals surface area contributed by atoms with Crippen LogP contribution in [-0.2, 0) is 4.74 Å². The third-order valence-corrected chi connectivity index (χ3v) is 4.00. The van der Waals surface area contributed by atoms with E-state index in [9.17, 15) is 0 Å². The summed E-state index contributed by atoms with van der Waals surface area (Å²) in [6, 6.07) is 8.54. The lowest BCUT2D eigenvalue weighted by Gasteiger charge is -2.16. The molecule has 2 aromatic rings. The molecule has 1 heterocycles. The van der Waals surface area contributed by atoms with E-state index in [4.69, 9.17) is 4.74 Å². The number of rotatable bonds is 5. The molecule has 1 aromatic carbocycles. The Hall–Kier alpha value is -1.88. The lowest BCUT2D eigenvalue weighted by molar-refractivity contribution is 0.108. The van der Waals surface area contributed by atoms with Gasteiger partial charge in [0, 0.05) is 25.1 Å². The van der Waals surface area contributed by atoms with Crippen molar-refractivity contribution in [2.75, 3.05) is 24.3 Å². The summed E-state index contributed by atoms with van der Waals surface area (Å²) in [7, 11) is 1.79. The van der Waals surface area contributed by atoms with E-state index in [1.54, 1.807) is 7.11 Å². The zero-order valence-electron chi connectivity index (χ0n) is 12.6. The van der Waals surface area contributed by atoms with E-state index in [1.165, 1.54) is 0 Å². The molecule has 0 spiro atoms. The summed E-state index contributed by atoms with van der Waals surface area (Å²) in [6.45, 7) is 2.86. The summed E-state index contributed by atoms with van der Waals surface area (Å²) in [5.74, 6) is 1.60. The number of fused-ring (bicyclic) bond motifs is 1. The van der Waals surface area contributed by atoms with Crippen molar-refractivity contribution in [2.45, 2.75) is 38.3 Å². The second-order valence-corrected chi connectivity index (χ2v) is 5.46. The van der Waals surface area contributed by atoms with Crippen LogP contribution in [0.2, 0.25) is 0 Å². The number of hydrogen-bond donors (Lipinski definition) is 2. The van der Waals surface area contributed by atoms with E-state index in [0.29, 0.717) is 18.1 Å². The predicted octanol–water partition coefficient (Wildman–Crippen LogP) is 3.04. The Kier molecular flexibility index (Phi) is 4.20. The van der Waals surface area contributed by atoms with Gasteiger partial charge in [0.15, 0.2) is 0 Å². The molecular formula is C16H22N4O. The molecule has 5 heteroatoms. The monoisotopic (exact) mass is 286 g/mol. The van der Waals surface area contributed by atoms with Gasteiger partial charge in [0.25, 0.3) is 0 Å². The number of nitrogens with zero attached hydrogens (tertiary/aromatic N) is 2.